The number of carbonyl (C=O) groups is 1. The molecule has 0 aromatic heterocycles. The average molecular weight is 473 g/mol. The number of ether oxygens (including phenoxy) is 2. The second kappa shape index (κ2) is 9.10. The minimum Gasteiger partial charge on any atom is -0.454 e. The van der Waals surface area contributed by atoms with E-state index in [0.29, 0.717) is 39.9 Å². The highest BCUT2D eigenvalue weighted by Gasteiger charge is 2.19. The molecule has 1 amide bonds. The molecule has 32 heavy (non-hydrogen) atoms. The normalized spacial score (nSPS) is 12.4. The van der Waals surface area contributed by atoms with E-state index in [1.807, 2.05) is 18.2 Å². The van der Waals surface area contributed by atoms with Crippen molar-refractivity contribution in [3.63, 3.8) is 0 Å². The molecule has 0 atom stereocenters. The van der Waals surface area contributed by atoms with E-state index in [1.165, 1.54) is 12.1 Å². The summed E-state index contributed by atoms with van der Waals surface area (Å²) in [4.78, 5) is 12.5. The van der Waals surface area contributed by atoms with Crippen molar-refractivity contribution in [2.24, 2.45) is 0 Å². The van der Waals surface area contributed by atoms with Gasteiger partial charge in [-0.3, -0.25) is 9.52 Å². The Balaban J connectivity index is 1.43. The van der Waals surface area contributed by atoms with Crippen LogP contribution in [0.4, 0.5) is 11.4 Å². The smallest absolute Gasteiger partial charge is 0.262 e. The Labute approximate surface area is 191 Å². The van der Waals surface area contributed by atoms with Crippen LogP contribution in [0.5, 0.6) is 11.5 Å². The summed E-state index contributed by atoms with van der Waals surface area (Å²) in [6.07, 6.45) is 0.742. The van der Waals surface area contributed by atoms with Crippen LogP contribution in [0, 0.1) is 6.92 Å². The molecule has 3 aromatic carbocycles. The van der Waals surface area contributed by atoms with Crippen molar-refractivity contribution in [1.82, 2.24) is 0 Å². The van der Waals surface area contributed by atoms with Gasteiger partial charge in [-0.1, -0.05) is 29.8 Å². The Morgan fingerprint density at radius 2 is 1.81 bits per heavy atom. The lowest BCUT2D eigenvalue weighted by molar-refractivity contribution is -0.116. The first-order valence-electron chi connectivity index (χ1n) is 9.87. The fourth-order valence-corrected chi connectivity index (χ4v) is 4.82. The third-order valence-electron chi connectivity index (χ3n) is 4.92. The van der Waals surface area contributed by atoms with Gasteiger partial charge in [0, 0.05) is 17.1 Å². The van der Waals surface area contributed by atoms with Crippen LogP contribution in [0.15, 0.2) is 65.6 Å². The van der Waals surface area contributed by atoms with Gasteiger partial charge in [-0.25, -0.2) is 8.42 Å². The zero-order chi connectivity index (χ0) is 22.7. The van der Waals surface area contributed by atoms with E-state index in [0.717, 1.165) is 5.56 Å². The van der Waals surface area contributed by atoms with Gasteiger partial charge in [0.2, 0.25) is 12.7 Å². The van der Waals surface area contributed by atoms with Gasteiger partial charge in [-0.2, -0.15) is 0 Å². The van der Waals surface area contributed by atoms with Crippen molar-refractivity contribution < 1.29 is 22.7 Å². The standard InChI is InChI=1S/C23H21ClN2O5S/c1-15-5-8-18(13-22(15)32(28,29)26-19-4-2-3-17(24)12-19)25-23(27)10-7-16-6-9-20-21(11-16)31-14-30-20/h2-6,8-9,11-13,26H,7,10,14H2,1H3,(H,25,27). The number of hydrogen-bond acceptors (Lipinski definition) is 5. The summed E-state index contributed by atoms with van der Waals surface area (Å²) >= 11 is 5.94. The molecule has 0 spiro atoms. The van der Waals surface area contributed by atoms with Gasteiger partial charge in [0.1, 0.15) is 0 Å². The van der Waals surface area contributed by atoms with Crippen molar-refractivity contribution in [2.45, 2.75) is 24.7 Å². The van der Waals surface area contributed by atoms with Crippen LogP contribution in [0.1, 0.15) is 17.5 Å². The number of hydrogen-bond donors (Lipinski definition) is 2. The van der Waals surface area contributed by atoms with Gasteiger partial charge in [-0.05, 0) is 66.9 Å². The predicted octanol–water partition coefficient (Wildman–Crippen LogP) is 4.75. The molecule has 7 nitrogen and oxygen atoms in total. The summed E-state index contributed by atoms with van der Waals surface area (Å²) in [5.74, 6) is 1.14. The molecule has 1 aliphatic rings. The van der Waals surface area contributed by atoms with Gasteiger partial charge >= 0.3 is 0 Å². The highest BCUT2D eigenvalue weighted by molar-refractivity contribution is 7.92. The van der Waals surface area contributed by atoms with E-state index in [4.69, 9.17) is 21.1 Å². The van der Waals surface area contributed by atoms with Crippen LogP contribution in [-0.4, -0.2) is 21.1 Å². The second-order valence-electron chi connectivity index (χ2n) is 7.33. The minimum atomic E-state index is -3.87. The van der Waals surface area contributed by atoms with E-state index < -0.39 is 10.0 Å². The van der Waals surface area contributed by atoms with Crippen LogP contribution < -0.4 is 19.5 Å². The fourth-order valence-electron chi connectivity index (χ4n) is 3.31. The van der Waals surface area contributed by atoms with E-state index in [1.54, 1.807) is 37.3 Å². The molecule has 0 saturated heterocycles. The van der Waals surface area contributed by atoms with Gasteiger partial charge in [0.05, 0.1) is 10.6 Å². The molecule has 0 aliphatic carbocycles. The lowest BCUT2D eigenvalue weighted by Crippen LogP contribution is -2.16. The molecule has 2 N–H and O–H groups in total. The Morgan fingerprint density at radius 3 is 2.62 bits per heavy atom. The lowest BCUT2D eigenvalue weighted by atomic mass is 10.1. The molecule has 0 radical (unpaired) electrons. The number of carbonyl (C=O) groups excluding carboxylic acids is 1. The molecule has 9 heteroatoms. The molecule has 3 aromatic rings. The molecule has 166 valence electrons. The maximum atomic E-state index is 12.9. The highest BCUT2D eigenvalue weighted by atomic mass is 35.5. The molecule has 4 rings (SSSR count). The Bertz CT molecular complexity index is 1280. The molecular formula is C23H21ClN2O5S. The van der Waals surface area contributed by atoms with Gasteiger partial charge < -0.3 is 14.8 Å². The number of halogens is 1. The number of anilines is 2. The molecule has 1 aliphatic heterocycles. The van der Waals surface area contributed by atoms with E-state index >= 15 is 0 Å². The minimum absolute atomic E-state index is 0.0750. The summed E-state index contributed by atoms with van der Waals surface area (Å²) < 4.78 is 38.9. The van der Waals surface area contributed by atoms with Gasteiger partial charge in [0.15, 0.2) is 11.5 Å². The van der Waals surface area contributed by atoms with Crippen molar-refractivity contribution in [3.05, 3.63) is 76.8 Å². The molecule has 0 unspecified atom stereocenters. The number of aryl methyl sites for hydroxylation is 2. The zero-order valence-electron chi connectivity index (χ0n) is 17.2. The quantitative estimate of drug-likeness (QED) is 0.517. The molecule has 0 saturated carbocycles. The first-order valence-corrected chi connectivity index (χ1v) is 11.7. The maximum absolute atomic E-state index is 12.9. The lowest BCUT2D eigenvalue weighted by Gasteiger charge is -2.13. The third kappa shape index (κ3) is 5.15. The first-order chi connectivity index (χ1) is 15.3. The van der Waals surface area contributed by atoms with E-state index in [2.05, 4.69) is 10.0 Å². The number of fused-ring (bicyclic) bond motifs is 1. The summed E-state index contributed by atoms with van der Waals surface area (Å²) in [6.45, 7) is 1.89. The summed E-state index contributed by atoms with van der Waals surface area (Å²) in [7, 11) is -3.87. The topological polar surface area (TPSA) is 93.7 Å². The molecule has 0 fully saturated rings. The molecule has 1 heterocycles. The van der Waals surface area contributed by atoms with Crippen LogP contribution in [-0.2, 0) is 21.2 Å². The highest BCUT2D eigenvalue weighted by Crippen LogP contribution is 2.33. The number of amides is 1. The monoisotopic (exact) mass is 472 g/mol. The van der Waals surface area contributed by atoms with Gasteiger partial charge in [0.25, 0.3) is 10.0 Å². The summed E-state index contributed by atoms with van der Waals surface area (Å²) in [5, 5.41) is 3.19. The molecular weight excluding hydrogens is 452 g/mol. The Kier molecular flexibility index (Phi) is 6.25. The van der Waals surface area contributed by atoms with E-state index in [9.17, 15) is 13.2 Å². The van der Waals surface area contributed by atoms with Crippen molar-refractivity contribution in [3.8, 4) is 11.5 Å². The van der Waals surface area contributed by atoms with Crippen LogP contribution >= 0.6 is 11.6 Å². The Morgan fingerprint density at radius 1 is 1.00 bits per heavy atom. The van der Waals surface area contributed by atoms with Crippen molar-refractivity contribution in [1.29, 1.82) is 0 Å². The number of rotatable bonds is 7. The summed E-state index contributed by atoms with van der Waals surface area (Å²) in [6, 6.07) is 16.8. The van der Waals surface area contributed by atoms with Gasteiger partial charge in [-0.15, -0.1) is 0 Å². The largest absolute Gasteiger partial charge is 0.454 e. The number of sulfonamides is 1. The predicted molar refractivity (Wildman–Crippen MR) is 123 cm³/mol. The molecule has 0 bridgehead atoms. The van der Waals surface area contributed by atoms with Crippen LogP contribution in [0.2, 0.25) is 5.02 Å². The SMILES string of the molecule is Cc1ccc(NC(=O)CCc2ccc3c(c2)OCO3)cc1S(=O)(=O)Nc1cccc(Cl)c1. The van der Waals surface area contributed by atoms with Crippen molar-refractivity contribution in [2.75, 3.05) is 16.8 Å². The second-order valence-corrected chi connectivity index (χ2v) is 9.42. The first kappa shape index (κ1) is 22.0. The Hall–Kier alpha value is -3.23. The average Bonchev–Trinajstić information content (AvgIpc) is 3.21. The zero-order valence-corrected chi connectivity index (χ0v) is 18.8. The van der Waals surface area contributed by atoms with Crippen molar-refractivity contribution >= 4 is 38.9 Å². The number of nitrogens with one attached hydrogen (secondary N) is 2. The van der Waals surface area contributed by atoms with Crippen LogP contribution in [0.25, 0.3) is 0 Å². The third-order valence-corrected chi connectivity index (χ3v) is 6.67. The fraction of sp³-hybridized carbons (Fsp3) is 0.174. The number of benzene rings is 3. The summed E-state index contributed by atoms with van der Waals surface area (Å²) in [5.41, 5.74) is 2.26. The van der Waals surface area contributed by atoms with Crippen LogP contribution in [0.3, 0.4) is 0 Å². The van der Waals surface area contributed by atoms with E-state index in [-0.39, 0.29) is 24.0 Å². The maximum Gasteiger partial charge on any atom is 0.262 e.